The minimum Gasteiger partial charge on any atom is -0.310 e. The van der Waals surface area contributed by atoms with Crippen LogP contribution in [0.4, 0.5) is 34.1 Å². The van der Waals surface area contributed by atoms with Gasteiger partial charge in [-0.25, -0.2) is 0 Å². The molecular formula is C63H42N2S. The zero-order chi connectivity index (χ0) is 49.7. The average molecular weight is 866 g/mol. The Balaban J connectivity index is 1.22. The first-order valence-electron chi connectivity index (χ1n) is 25.6. The third-order valence-electron chi connectivity index (χ3n) is 13.1. The maximum Gasteiger partial charge on any atom is 0.0726 e. The highest BCUT2D eigenvalue weighted by Crippen LogP contribution is 2.61. The molecule has 1 aromatic heterocycles. The van der Waals surface area contributed by atoms with Gasteiger partial charge in [0.05, 0.1) is 15.0 Å². The lowest BCUT2D eigenvalue weighted by Gasteiger charge is -2.36. The van der Waals surface area contributed by atoms with E-state index in [0.717, 1.165) is 92.9 Å². The number of hydrogen-bond acceptors (Lipinski definition) is 3. The van der Waals surface area contributed by atoms with E-state index in [1.165, 1.54) is 0 Å². The van der Waals surface area contributed by atoms with E-state index in [4.69, 9.17) is 2.74 Å². The van der Waals surface area contributed by atoms with Gasteiger partial charge in [-0.05, 0) is 140 Å². The van der Waals surface area contributed by atoms with Crippen molar-refractivity contribution in [1.29, 1.82) is 0 Å². The predicted octanol–water partition coefficient (Wildman–Crippen LogP) is 17.7. The van der Waals surface area contributed by atoms with Crippen LogP contribution in [-0.4, -0.2) is 0 Å². The van der Waals surface area contributed by atoms with Crippen LogP contribution in [0.2, 0.25) is 0 Å². The van der Waals surface area contributed by atoms with Gasteiger partial charge in [-0.2, -0.15) is 0 Å². The Hall–Kier alpha value is -8.24. The molecule has 0 amide bonds. The van der Waals surface area contributed by atoms with E-state index in [1.807, 2.05) is 84.9 Å². The zero-order valence-corrected chi connectivity index (χ0v) is 36.3. The van der Waals surface area contributed by atoms with Gasteiger partial charge in [0.15, 0.2) is 0 Å². The van der Waals surface area contributed by atoms with Crippen LogP contribution in [0, 0.1) is 0 Å². The SMILES string of the molecule is [2H]c1c([2H])c([2H])c2c(C3(c4cccc5sc6ccccc6c45)c4ccc(N(c5ccccc5)c5ccccc5)cc4-c4cc(N(c5ccccc5)c5ccc6ccccc6c5)ccc43)c([2H])c([2H])c([2H])c2c1[2H]. The average Bonchev–Trinajstić information content (AvgIpc) is 3.96. The van der Waals surface area contributed by atoms with Gasteiger partial charge in [0.1, 0.15) is 0 Å². The molecule has 1 aliphatic rings. The second kappa shape index (κ2) is 15.5. The molecule has 1 unspecified atom stereocenters. The first-order chi connectivity index (χ1) is 35.6. The van der Waals surface area contributed by atoms with Crippen molar-refractivity contribution in [2.45, 2.75) is 5.41 Å². The summed E-state index contributed by atoms with van der Waals surface area (Å²) < 4.78 is 68.3. The van der Waals surface area contributed by atoms with Gasteiger partial charge in [-0.3, -0.25) is 0 Å². The second-order valence-electron chi connectivity index (χ2n) is 16.7. The van der Waals surface area contributed by atoms with Crippen LogP contribution < -0.4 is 9.80 Å². The van der Waals surface area contributed by atoms with Gasteiger partial charge in [0.2, 0.25) is 0 Å². The standard InChI is InChI=1S/C63H42N2S/c1-4-22-46(23-5-1)64(47-24-6-2-7-25-47)50-36-38-57-54(41-50)55-42-51(65(48-26-8-3-9-27-48)49-35-34-43-18-10-11-20-45(43)40-49)37-39-58(55)63(57,56-30-16-21-44-19-12-13-28-52(44)56)59-31-17-33-61-62(59)53-29-14-15-32-60(53)66-61/h1-42H/i12D,13D,16D,19D,21D,28D,30D. The van der Waals surface area contributed by atoms with Crippen molar-refractivity contribution in [3.63, 3.8) is 0 Å². The molecule has 0 saturated carbocycles. The fraction of sp³-hybridized carbons (Fsp3) is 0.0159. The molecule has 13 rings (SSSR count). The highest BCUT2D eigenvalue weighted by atomic mass is 32.1. The number of fused-ring (bicyclic) bond motifs is 8. The lowest BCUT2D eigenvalue weighted by atomic mass is 9.65. The number of nitrogens with zero attached hydrogens (tertiary/aromatic N) is 2. The molecule has 66 heavy (non-hydrogen) atoms. The molecule has 3 heteroatoms. The van der Waals surface area contributed by atoms with Crippen LogP contribution in [0.1, 0.15) is 31.8 Å². The monoisotopic (exact) mass is 865 g/mol. The lowest BCUT2D eigenvalue weighted by molar-refractivity contribution is 0.785. The Morgan fingerprint density at radius 1 is 0.333 bits per heavy atom. The van der Waals surface area contributed by atoms with E-state index in [0.29, 0.717) is 0 Å². The molecule has 2 nitrogen and oxygen atoms in total. The van der Waals surface area contributed by atoms with Crippen LogP contribution in [0.3, 0.4) is 0 Å². The van der Waals surface area contributed by atoms with Crippen molar-refractivity contribution in [2.75, 3.05) is 9.80 Å². The van der Waals surface area contributed by atoms with Gasteiger partial charge in [0, 0.05) is 54.3 Å². The van der Waals surface area contributed by atoms with Crippen LogP contribution in [-0.2, 0) is 5.41 Å². The Labute approximate surface area is 398 Å². The van der Waals surface area contributed by atoms with Gasteiger partial charge in [-0.1, -0.05) is 170 Å². The molecule has 310 valence electrons. The van der Waals surface area contributed by atoms with E-state index in [2.05, 4.69) is 137 Å². The molecule has 12 aromatic rings. The molecule has 1 atom stereocenters. The molecule has 0 aliphatic heterocycles. The van der Waals surface area contributed by atoms with E-state index in [-0.39, 0.29) is 28.4 Å². The van der Waals surface area contributed by atoms with Gasteiger partial charge in [0.25, 0.3) is 0 Å². The predicted molar refractivity (Wildman–Crippen MR) is 281 cm³/mol. The number of para-hydroxylation sites is 3. The van der Waals surface area contributed by atoms with E-state index in [1.54, 1.807) is 11.3 Å². The molecule has 1 aliphatic carbocycles. The second-order valence-corrected chi connectivity index (χ2v) is 17.8. The normalized spacial score (nSPS) is 15.6. The summed E-state index contributed by atoms with van der Waals surface area (Å²) in [6.45, 7) is 0. The van der Waals surface area contributed by atoms with Crippen molar-refractivity contribution in [3.05, 3.63) is 277 Å². The largest absolute Gasteiger partial charge is 0.310 e. The Morgan fingerprint density at radius 3 is 1.55 bits per heavy atom. The molecule has 0 spiro atoms. The molecule has 0 radical (unpaired) electrons. The summed E-state index contributed by atoms with van der Waals surface area (Å²) in [5.74, 6) is 0. The first kappa shape index (κ1) is 31.6. The Kier molecular flexibility index (Phi) is 7.41. The Morgan fingerprint density at radius 2 is 0.864 bits per heavy atom. The van der Waals surface area contributed by atoms with E-state index in [9.17, 15) is 6.85 Å². The fourth-order valence-corrected chi connectivity index (χ4v) is 11.5. The highest BCUT2D eigenvalue weighted by Gasteiger charge is 2.48. The molecule has 11 aromatic carbocycles. The number of anilines is 6. The fourth-order valence-electron chi connectivity index (χ4n) is 10.4. The maximum atomic E-state index is 10.2. The first-order valence-corrected chi connectivity index (χ1v) is 22.9. The molecule has 0 N–H and O–H groups in total. The van der Waals surface area contributed by atoms with Crippen molar-refractivity contribution in [1.82, 2.24) is 0 Å². The number of benzene rings is 11. The molecule has 0 saturated heterocycles. The maximum absolute atomic E-state index is 10.2. The molecular weight excluding hydrogens is 817 g/mol. The van der Waals surface area contributed by atoms with Crippen LogP contribution >= 0.6 is 11.3 Å². The number of rotatable bonds is 8. The van der Waals surface area contributed by atoms with Gasteiger partial charge >= 0.3 is 0 Å². The summed E-state index contributed by atoms with van der Waals surface area (Å²) in [6.07, 6.45) is 0. The summed E-state index contributed by atoms with van der Waals surface area (Å²) in [6, 6.07) is 70.1. The summed E-state index contributed by atoms with van der Waals surface area (Å²) in [5, 5.41) is 4.14. The number of thiophene rings is 1. The van der Waals surface area contributed by atoms with Crippen molar-refractivity contribution in [3.8, 4) is 11.1 Å². The molecule has 1 heterocycles. The zero-order valence-electron chi connectivity index (χ0n) is 42.5. The quantitative estimate of drug-likeness (QED) is 0.150. The highest BCUT2D eigenvalue weighted by molar-refractivity contribution is 7.25. The van der Waals surface area contributed by atoms with Gasteiger partial charge in [-0.15, -0.1) is 11.3 Å². The third kappa shape index (κ3) is 5.94. The van der Waals surface area contributed by atoms with Crippen molar-refractivity contribution >= 4 is 87.2 Å². The third-order valence-corrected chi connectivity index (χ3v) is 14.3. The summed E-state index contributed by atoms with van der Waals surface area (Å²) >= 11 is 1.67. The smallest absolute Gasteiger partial charge is 0.0726 e. The Bertz CT molecular complexity index is 4150. The van der Waals surface area contributed by atoms with Crippen LogP contribution in [0.15, 0.2) is 255 Å². The van der Waals surface area contributed by atoms with Gasteiger partial charge < -0.3 is 9.80 Å². The minimum atomic E-state index is -1.48. The van der Waals surface area contributed by atoms with Crippen LogP contribution in [0.25, 0.3) is 52.8 Å². The lowest BCUT2D eigenvalue weighted by Crippen LogP contribution is -2.29. The van der Waals surface area contributed by atoms with Crippen molar-refractivity contribution in [2.24, 2.45) is 0 Å². The van der Waals surface area contributed by atoms with Crippen molar-refractivity contribution < 1.29 is 9.60 Å². The summed E-state index contributed by atoms with van der Waals surface area (Å²) in [4.78, 5) is 4.48. The summed E-state index contributed by atoms with van der Waals surface area (Å²) in [7, 11) is 0. The molecule has 0 fully saturated rings. The topological polar surface area (TPSA) is 6.48 Å². The van der Waals surface area contributed by atoms with Crippen LogP contribution in [0.5, 0.6) is 0 Å². The van der Waals surface area contributed by atoms with E-state index >= 15 is 0 Å². The molecule has 0 bridgehead atoms. The van der Waals surface area contributed by atoms with E-state index < -0.39 is 35.6 Å². The minimum absolute atomic E-state index is 0.0535. The summed E-state index contributed by atoms with van der Waals surface area (Å²) in [5.41, 5.74) is 8.37. The number of hydrogen-bond donors (Lipinski definition) is 0.